The number of likely N-dealkylation sites (tertiary alicyclic amines) is 1. The van der Waals surface area contributed by atoms with E-state index in [1.807, 2.05) is 30.3 Å². The number of nitrogens with zero attached hydrogens (tertiary/aromatic N) is 1. The molecule has 2 atom stereocenters. The van der Waals surface area contributed by atoms with Crippen molar-refractivity contribution in [1.29, 1.82) is 0 Å². The molecule has 6 heteroatoms. The van der Waals surface area contributed by atoms with Crippen LogP contribution in [0.5, 0.6) is 5.75 Å². The fraction of sp³-hybridized carbons (Fsp3) is 0.348. The van der Waals surface area contributed by atoms with Crippen molar-refractivity contribution in [2.45, 2.75) is 32.3 Å². The number of imide groups is 1. The summed E-state index contributed by atoms with van der Waals surface area (Å²) in [5.41, 5.74) is 1.67. The largest absolute Gasteiger partial charge is 0.489 e. The molecule has 0 radical (unpaired) electrons. The quantitative estimate of drug-likeness (QED) is 0.765. The summed E-state index contributed by atoms with van der Waals surface area (Å²) in [4.78, 5) is 38.5. The van der Waals surface area contributed by atoms with E-state index >= 15 is 0 Å². The summed E-state index contributed by atoms with van der Waals surface area (Å²) in [7, 11) is 0. The second kappa shape index (κ2) is 8.47. The minimum absolute atomic E-state index is 0.195. The third kappa shape index (κ3) is 4.31. The zero-order valence-electron chi connectivity index (χ0n) is 16.2. The van der Waals surface area contributed by atoms with Crippen LogP contribution < -0.4 is 10.1 Å². The SMILES string of the molecule is O=C(CN1C(=O)C2CCCCC2C1=O)Nc1ccc(OCc2ccccc2)cc1. The first-order valence-electron chi connectivity index (χ1n) is 10.0. The van der Waals surface area contributed by atoms with Gasteiger partial charge in [0.2, 0.25) is 17.7 Å². The van der Waals surface area contributed by atoms with Gasteiger partial charge >= 0.3 is 0 Å². The van der Waals surface area contributed by atoms with E-state index in [1.54, 1.807) is 24.3 Å². The highest BCUT2D eigenvalue weighted by Gasteiger charge is 2.48. The van der Waals surface area contributed by atoms with Gasteiger partial charge in [-0.2, -0.15) is 0 Å². The van der Waals surface area contributed by atoms with Crippen molar-refractivity contribution in [2.24, 2.45) is 11.8 Å². The van der Waals surface area contributed by atoms with Gasteiger partial charge in [-0.15, -0.1) is 0 Å². The van der Waals surface area contributed by atoms with Gasteiger partial charge in [-0.3, -0.25) is 19.3 Å². The molecule has 1 aliphatic heterocycles. The zero-order valence-corrected chi connectivity index (χ0v) is 16.2. The molecule has 2 aromatic rings. The van der Waals surface area contributed by atoms with Crippen molar-refractivity contribution in [1.82, 2.24) is 4.90 Å². The van der Waals surface area contributed by atoms with E-state index in [9.17, 15) is 14.4 Å². The molecule has 4 rings (SSSR count). The normalized spacial score (nSPS) is 21.0. The van der Waals surface area contributed by atoms with Crippen LogP contribution in [0.15, 0.2) is 54.6 Å². The van der Waals surface area contributed by atoms with Crippen LogP contribution in [0, 0.1) is 11.8 Å². The number of hydrogen-bond acceptors (Lipinski definition) is 4. The average molecular weight is 392 g/mol. The Morgan fingerprint density at radius 2 is 1.55 bits per heavy atom. The molecule has 1 aliphatic carbocycles. The standard InChI is InChI=1S/C23H24N2O4/c26-21(14-25-22(27)19-8-4-5-9-20(19)23(25)28)24-17-10-12-18(13-11-17)29-15-16-6-2-1-3-7-16/h1-3,6-7,10-13,19-20H,4-5,8-9,14-15H2,(H,24,26). The second-order valence-electron chi connectivity index (χ2n) is 7.61. The highest BCUT2D eigenvalue weighted by molar-refractivity contribution is 6.08. The van der Waals surface area contributed by atoms with Crippen LogP contribution in [0.1, 0.15) is 31.2 Å². The molecular formula is C23H24N2O4. The van der Waals surface area contributed by atoms with Crippen molar-refractivity contribution < 1.29 is 19.1 Å². The number of nitrogens with one attached hydrogen (secondary N) is 1. The molecule has 0 aromatic heterocycles. The van der Waals surface area contributed by atoms with Gasteiger partial charge in [0, 0.05) is 5.69 Å². The summed E-state index contributed by atoms with van der Waals surface area (Å²) >= 11 is 0. The Bertz CT molecular complexity index is 871. The highest BCUT2D eigenvalue weighted by Crippen LogP contribution is 2.37. The molecule has 2 aromatic carbocycles. The molecule has 1 heterocycles. The van der Waals surface area contributed by atoms with Crippen LogP contribution in [0.3, 0.4) is 0 Å². The first-order chi connectivity index (χ1) is 14.1. The van der Waals surface area contributed by atoms with Gasteiger partial charge in [-0.05, 0) is 42.7 Å². The second-order valence-corrected chi connectivity index (χ2v) is 7.61. The molecule has 150 valence electrons. The lowest BCUT2D eigenvalue weighted by atomic mass is 9.81. The Hall–Kier alpha value is -3.15. The average Bonchev–Trinajstić information content (AvgIpc) is 2.99. The van der Waals surface area contributed by atoms with Crippen LogP contribution >= 0.6 is 0 Å². The van der Waals surface area contributed by atoms with Crippen LogP contribution in [0.2, 0.25) is 0 Å². The first kappa shape index (κ1) is 19.2. The maximum absolute atomic E-state index is 12.5. The van der Waals surface area contributed by atoms with Crippen molar-refractivity contribution >= 4 is 23.4 Å². The predicted molar refractivity (Wildman–Crippen MR) is 108 cm³/mol. The van der Waals surface area contributed by atoms with Crippen LogP contribution in [0.25, 0.3) is 0 Å². The molecule has 29 heavy (non-hydrogen) atoms. The lowest BCUT2D eigenvalue weighted by molar-refractivity contribution is -0.142. The Labute approximate surface area is 169 Å². The summed E-state index contributed by atoms with van der Waals surface area (Å²) in [5.74, 6) is -0.529. The molecule has 2 aliphatic rings. The molecule has 1 N–H and O–H groups in total. The number of amides is 3. The molecular weight excluding hydrogens is 368 g/mol. The molecule has 6 nitrogen and oxygen atoms in total. The van der Waals surface area contributed by atoms with E-state index in [0.717, 1.165) is 36.1 Å². The molecule has 2 fully saturated rings. The summed E-state index contributed by atoms with van der Waals surface area (Å²) in [5, 5.41) is 2.75. The maximum atomic E-state index is 12.5. The van der Waals surface area contributed by atoms with E-state index in [1.165, 1.54) is 0 Å². The molecule has 3 amide bonds. The van der Waals surface area contributed by atoms with Gasteiger partial charge in [0.1, 0.15) is 18.9 Å². The predicted octanol–water partition coefficient (Wildman–Crippen LogP) is 3.38. The smallest absolute Gasteiger partial charge is 0.244 e. The molecule has 2 unspecified atom stereocenters. The summed E-state index contributed by atoms with van der Waals surface area (Å²) < 4.78 is 5.73. The Balaban J connectivity index is 1.30. The highest BCUT2D eigenvalue weighted by atomic mass is 16.5. The number of anilines is 1. The van der Waals surface area contributed by atoms with Gasteiger partial charge in [0.05, 0.1) is 11.8 Å². The number of hydrogen-bond donors (Lipinski definition) is 1. The lowest BCUT2D eigenvalue weighted by Crippen LogP contribution is -2.38. The summed E-state index contributed by atoms with van der Waals surface area (Å²) in [6.45, 7) is 0.241. The third-order valence-electron chi connectivity index (χ3n) is 5.62. The number of carbonyl (C=O) groups excluding carboxylic acids is 3. The van der Waals surface area contributed by atoms with Gasteiger partial charge in [-0.25, -0.2) is 0 Å². The molecule has 0 bridgehead atoms. The van der Waals surface area contributed by atoms with E-state index in [-0.39, 0.29) is 36.1 Å². The molecule has 1 saturated carbocycles. The van der Waals surface area contributed by atoms with E-state index < -0.39 is 0 Å². The van der Waals surface area contributed by atoms with E-state index in [4.69, 9.17) is 4.74 Å². The van der Waals surface area contributed by atoms with Crippen molar-refractivity contribution in [3.8, 4) is 5.75 Å². The van der Waals surface area contributed by atoms with Crippen LogP contribution in [-0.2, 0) is 21.0 Å². The minimum atomic E-state index is -0.372. The van der Waals surface area contributed by atoms with Gasteiger partial charge in [0.25, 0.3) is 0 Å². The van der Waals surface area contributed by atoms with Crippen LogP contribution in [0.4, 0.5) is 5.69 Å². The topological polar surface area (TPSA) is 75.7 Å². The van der Waals surface area contributed by atoms with E-state index in [2.05, 4.69) is 5.32 Å². The maximum Gasteiger partial charge on any atom is 0.244 e. The first-order valence-corrected chi connectivity index (χ1v) is 10.0. The Morgan fingerprint density at radius 3 is 2.17 bits per heavy atom. The van der Waals surface area contributed by atoms with Crippen molar-refractivity contribution in [3.05, 3.63) is 60.2 Å². The fourth-order valence-electron chi connectivity index (χ4n) is 4.11. The van der Waals surface area contributed by atoms with Gasteiger partial charge in [-0.1, -0.05) is 43.2 Å². The third-order valence-corrected chi connectivity index (χ3v) is 5.62. The lowest BCUT2D eigenvalue weighted by Gasteiger charge is -2.19. The minimum Gasteiger partial charge on any atom is -0.489 e. The van der Waals surface area contributed by atoms with Crippen molar-refractivity contribution in [3.63, 3.8) is 0 Å². The van der Waals surface area contributed by atoms with Gasteiger partial charge in [0.15, 0.2) is 0 Å². The number of ether oxygens (including phenoxy) is 1. The van der Waals surface area contributed by atoms with Crippen molar-refractivity contribution in [2.75, 3.05) is 11.9 Å². The zero-order chi connectivity index (χ0) is 20.2. The summed E-state index contributed by atoms with van der Waals surface area (Å²) in [6, 6.07) is 16.9. The van der Waals surface area contributed by atoms with Gasteiger partial charge < -0.3 is 10.1 Å². The Kier molecular flexibility index (Phi) is 5.60. The monoisotopic (exact) mass is 392 g/mol. The number of carbonyl (C=O) groups is 3. The van der Waals surface area contributed by atoms with E-state index in [0.29, 0.717) is 18.0 Å². The Morgan fingerprint density at radius 1 is 0.931 bits per heavy atom. The van der Waals surface area contributed by atoms with Crippen LogP contribution in [-0.4, -0.2) is 29.2 Å². The fourth-order valence-corrected chi connectivity index (χ4v) is 4.11. The molecule has 1 saturated heterocycles. The summed E-state index contributed by atoms with van der Waals surface area (Å²) in [6.07, 6.45) is 3.44. The molecule has 0 spiro atoms. The number of fused-ring (bicyclic) bond motifs is 1. The number of rotatable bonds is 6. The number of benzene rings is 2.